The van der Waals surface area contributed by atoms with Gasteiger partial charge in [-0.3, -0.25) is 0 Å². The van der Waals surface area contributed by atoms with Crippen LogP contribution in [0.1, 0.15) is 32.3 Å². The minimum Gasteiger partial charge on any atom is -0.477 e. The Morgan fingerprint density at radius 2 is 2.21 bits per heavy atom. The molecule has 106 valence electrons. The molecule has 2 rings (SSSR count). The summed E-state index contributed by atoms with van der Waals surface area (Å²) in [6.07, 6.45) is 3.97. The van der Waals surface area contributed by atoms with E-state index < -0.39 is 0 Å². The number of pyridine rings is 1. The molecule has 0 amide bonds. The lowest BCUT2D eigenvalue weighted by Gasteiger charge is -2.22. The van der Waals surface area contributed by atoms with Crippen molar-refractivity contribution in [1.29, 1.82) is 0 Å². The van der Waals surface area contributed by atoms with Gasteiger partial charge in [0.25, 0.3) is 0 Å². The summed E-state index contributed by atoms with van der Waals surface area (Å²) in [5, 5.41) is 3.40. The van der Waals surface area contributed by atoms with Gasteiger partial charge in [0, 0.05) is 37.6 Å². The first-order valence-electron chi connectivity index (χ1n) is 7.13. The average Bonchev–Trinajstić information content (AvgIpc) is 2.45. The predicted molar refractivity (Wildman–Crippen MR) is 75.3 cm³/mol. The number of ether oxygens (including phenoxy) is 2. The van der Waals surface area contributed by atoms with Gasteiger partial charge >= 0.3 is 0 Å². The number of nitrogens with zero attached hydrogens (tertiary/aromatic N) is 1. The van der Waals surface area contributed by atoms with Crippen molar-refractivity contribution in [2.75, 3.05) is 19.8 Å². The highest BCUT2D eigenvalue weighted by Gasteiger charge is 2.15. The lowest BCUT2D eigenvalue weighted by Crippen LogP contribution is -2.24. The quantitative estimate of drug-likeness (QED) is 0.856. The van der Waals surface area contributed by atoms with Crippen LogP contribution in [0.15, 0.2) is 18.3 Å². The van der Waals surface area contributed by atoms with Crippen LogP contribution in [0.25, 0.3) is 0 Å². The highest BCUT2D eigenvalue weighted by molar-refractivity contribution is 5.25. The Hall–Kier alpha value is -1.13. The van der Waals surface area contributed by atoms with E-state index in [4.69, 9.17) is 9.47 Å². The molecule has 1 N–H and O–H groups in total. The second-order valence-corrected chi connectivity index (χ2v) is 5.37. The Labute approximate surface area is 115 Å². The summed E-state index contributed by atoms with van der Waals surface area (Å²) in [4.78, 5) is 4.35. The van der Waals surface area contributed by atoms with Crippen molar-refractivity contribution in [3.8, 4) is 5.88 Å². The van der Waals surface area contributed by atoms with Crippen LogP contribution in [0.2, 0.25) is 0 Å². The van der Waals surface area contributed by atoms with E-state index in [0.29, 0.717) is 12.0 Å². The summed E-state index contributed by atoms with van der Waals surface area (Å²) in [5.41, 5.74) is 1.13. The van der Waals surface area contributed by atoms with E-state index in [1.54, 1.807) is 6.20 Å². The SMILES string of the molecule is CC(C)NCc1cccnc1OCC1CCOCC1. The third kappa shape index (κ3) is 4.80. The van der Waals surface area contributed by atoms with E-state index in [0.717, 1.165) is 50.7 Å². The molecule has 0 aliphatic carbocycles. The summed E-state index contributed by atoms with van der Waals surface area (Å²) in [6.45, 7) is 7.54. The number of hydrogen-bond acceptors (Lipinski definition) is 4. The maximum absolute atomic E-state index is 5.90. The number of nitrogens with one attached hydrogen (secondary N) is 1. The zero-order valence-corrected chi connectivity index (χ0v) is 11.9. The molecule has 0 aromatic carbocycles. The lowest BCUT2D eigenvalue weighted by atomic mass is 10.0. The minimum absolute atomic E-state index is 0.462. The largest absolute Gasteiger partial charge is 0.477 e. The normalized spacial score (nSPS) is 16.8. The van der Waals surface area contributed by atoms with Gasteiger partial charge in [-0.1, -0.05) is 19.9 Å². The van der Waals surface area contributed by atoms with Crippen molar-refractivity contribution in [2.24, 2.45) is 5.92 Å². The van der Waals surface area contributed by atoms with Crippen LogP contribution in [-0.2, 0) is 11.3 Å². The van der Waals surface area contributed by atoms with Crippen LogP contribution in [0.3, 0.4) is 0 Å². The van der Waals surface area contributed by atoms with E-state index >= 15 is 0 Å². The molecule has 0 saturated carbocycles. The maximum atomic E-state index is 5.90. The van der Waals surface area contributed by atoms with Gasteiger partial charge in [-0.05, 0) is 24.8 Å². The van der Waals surface area contributed by atoms with Crippen LogP contribution < -0.4 is 10.1 Å². The molecule has 0 atom stereocenters. The summed E-state index contributed by atoms with van der Waals surface area (Å²) in [6, 6.07) is 4.49. The first-order valence-corrected chi connectivity index (χ1v) is 7.13. The topological polar surface area (TPSA) is 43.4 Å². The van der Waals surface area contributed by atoms with E-state index in [1.807, 2.05) is 6.07 Å². The van der Waals surface area contributed by atoms with Crippen LogP contribution in [-0.4, -0.2) is 30.8 Å². The number of rotatable bonds is 6. The second-order valence-electron chi connectivity index (χ2n) is 5.37. The summed E-state index contributed by atoms with van der Waals surface area (Å²) >= 11 is 0. The Balaban J connectivity index is 1.87. The molecular formula is C15H24N2O2. The van der Waals surface area contributed by atoms with Gasteiger partial charge in [0.2, 0.25) is 5.88 Å². The van der Waals surface area contributed by atoms with Gasteiger partial charge in [-0.25, -0.2) is 4.98 Å². The summed E-state index contributed by atoms with van der Waals surface area (Å²) < 4.78 is 11.3. The summed E-state index contributed by atoms with van der Waals surface area (Å²) in [5.74, 6) is 1.36. The highest BCUT2D eigenvalue weighted by atomic mass is 16.5. The Kier molecular flexibility index (Phi) is 5.61. The summed E-state index contributed by atoms with van der Waals surface area (Å²) in [7, 11) is 0. The zero-order chi connectivity index (χ0) is 13.5. The lowest BCUT2D eigenvalue weighted by molar-refractivity contribution is 0.0488. The Morgan fingerprint density at radius 3 is 2.95 bits per heavy atom. The van der Waals surface area contributed by atoms with Gasteiger partial charge in [0.05, 0.1) is 6.61 Å². The molecular weight excluding hydrogens is 240 g/mol. The van der Waals surface area contributed by atoms with Gasteiger partial charge in [-0.15, -0.1) is 0 Å². The number of aromatic nitrogens is 1. The molecule has 1 fully saturated rings. The molecule has 1 saturated heterocycles. The first-order chi connectivity index (χ1) is 9.25. The zero-order valence-electron chi connectivity index (χ0n) is 11.9. The molecule has 0 bridgehead atoms. The Bertz CT molecular complexity index is 376. The van der Waals surface area contributed by atoms with E-state index in [-0.39, 0.29) is 0 Å². The maximum Gasteiger partial charge on any atom is 0.217 e. The molecule has 2 heterocycles. The number of hydrogen-bond donors (Lipinski definition) is 1. The highest BCUT2D eigenvalue weighted by Crippen LogP contribution is 2.19. The second kappa shape index (κ2) is 7.46. The molecule has 0 radical (unpaired) electrons. The average molecular weight is 264 g/mol. The van der Waals surface area contributed by atoms with Crippen molar-refractivity contribution in [3.05, 3.63) is 23.9 Å². The van der Waals surface area contributed by atoms with Crippen LogP contribution in [0.5, 0.6) is 5.88 Å². The molecule has 0 spiro atoms. The minimum atomic E-state index is 0.462. The van der Waals surface area contributed by atoms with Gasteiger partial charge < -0.3 is 14.8 Å². The van der Waals surface area contributed by atoms with Gasteiger partial charge in [0.1, 0.15) is 0 Å². The molecule has 1 aromatic rings. The van der Waals surface area contributed by atoms with Crippen LogP contribution >= 0.6 is 0 Å². The third-order valence-corrected chi connectivity index (χ3v) is 3.35. The molecule has 1 aliphatic heterocycles. The molecule has 4 heteroatoms. The van der Waals surface area contributed by atoms with E-state index in [2.05, 4.69) is 30.2 Å². The molecule has 0 unspecified atom stereocenters. The van der Waals surface area contributed by atoms with Crippen molar-refractivity contribution in [2.45, 2.75) is 39.3 Å². The van der Waals surface area contributed by atoms with E-state index in [9.17, 15) is 0 Å². The van der Waals surface area contributed by atoms with Crippen LogP contribution in [0, 0.1) is 5.92 Å². The molecule has 1 aliphatic rings. The molecule has 19 heavy (non-hydrogen) atoms. The van der Waals surface area contributed by atoms with Crippen molar-refractivity contribution >= 4 is 0 Å². The fraction of sp³-hybridized carbons (Fsp3) is 0.667. The fourth-order valence-corrected chi connectivity index (χ4v) is 2.11. The van der Waals surface area contributed by atoms with Crippen molar-refractivity contribution in [1.82, 2.24) is 10.3 Å². The van der Waals surface area contributed by atoms with Crippen LogP contribution in [0.4, 0.5) is 0 Å². The smallest absolute Gasteiger partial charge is 0.217 e. The molecule has 4 nitrogen and oxygen atoms in total. The van der Waals surface area contributed by atoms with E-state index in [1.165, 1.54) is 0 Å². The Morgan fingerprint density at radius 1 is 1.42 bits per heavy atom. The fourth-order valence-electron chi connectivity index (χ4n) is 2.11. The van der Waals surface area contributed by atoms with Crippen molar-refractivity contribution in [3.63, 3.8) is 0 Å². The van der Waals surface area contributed by atoms with Gasteiger partial charge in [0.15, 0.2) is 0 Å². The first kappa shape index (κ1) is 14.3. The van der Waals surface area contributed by atoms with Gasteiger partial charge in [-0.2, -0.15) is 0 Å². The molecule has 1 aromatic heterocycles. The monoisotopic (exact) mass is 264 g/mol. The third-order valence-electron chi connectivity index (χ3n) is 3.35. The van der Waals surface area contributed by atoms with Crippen molar-refractivity contribution < 1.29 is 9.47 Å². The predicted octanol–water partition coefficient (Wildman–Crippen LogP) is 2.39. The standard InChI is InChI=1S/C15H24N2O2/c1-12(2)17-10-14-4-3-7-16-15(14)19-11-13-5-8-18-9-6-13/h3-4,7,12-13,17H,5-6,8-11H2,1-2H3.